The molecular weight excluding hydrogens is 1450 g/mol. The van der Waals surface area contributed by atoms with Crippen LogP contribution in [0.3, 0.4) is 0 Å². The Morgan fingerprint density at radius 2 is 0.531 bits per heavy atom. The normalized spacial score (nSPS) is 12.2. The summed E-state index contributed by atoms with van der Waals surface area (Å²) in [5.74, 6) is -6.58. The van der Waals surface area contributed by atoms with E-state index in [1.165, 1.54) is 0 Å². The van der Waals surface area contributed by atoms with Crippen molar-refractivity contribution in [3.8, 4) is 0 Å². The Hall–Kier alpha value is -10.8. The molecule has 24 nitrogen and oxygen atoms in total. The first-order valence-electron chi connectivity index (χ1n) is 36.7. The van der Waals surface area contributed by atoms with Gasteiger partial charge in [-0.15, -0.1) is 0 Å². The number of carbonyl (C=O) groups is 8. The molecule has 0 saturated heterocycles. The van der Waals surface area contributed by atoms with Crippen molar-refractivity contribution >= 4 is 47.8 Å². The maximum absolute atomic E-state index is 10.2. The van der Waals surface area contributed by atoms with E-state index in [2.05, 4.69) is 0 Å². The Bertz CT molecular complexity index is 3110. The Balaban J connectivity index is -0.000000574. The fraction of sp³-hybridized carbons (Fsp3) is 0.371. The molecule has 8 rings (SSSR count). The lowest BCUT2D eigenvalue weighted by atomic mass is 9.78. The van der Waals surface area contributed by atoms with Gasteiger partial charge < -0.3 is 81.7 Å². The van der Waals surface area contributed by atoms with E-state index in [9.17, 15) is 58.8 Å². The van der Waals surface area contributed by atoms with Crippen molar-refractivity contribution in [1.82, 2.24) is 0 Å². The van der Waals surface area contributed by atoms with Crippen LogP contribution in [-0.2, 0) is 0 Å². The third-order valence-corrected chi connectivity index (χ3v) is 15.9. The number of rotatable bonds is 24. The maximum Gasteiger partial charge on any atom is 0.335 e. The van der Waals surface area contributed by atoms with Crippen LogP contribution < -0.4 is 0 Å². The molecule has 16 N–H and O–H groups in total. The molecule has 8 aromatic carbocycles. The number of benzene rings is 8. The van der Waals surface area contributed by atoms with Gasteiger partial charge in [-0.25, -0.2) is 38.4 Å². The topological polar surface area (TPSA) is 460 Å². The molecule has 0 radical (unpaired) electrons. The second-order valence-electron chi connectivity index (χ2n) is 26.8. The number of aromatic carboxylic acids is 8. The van der Waals surface area contributed by atoms with Crippen LogP contribution in [0.15, 0.2) is 243 Å². The highest BCUT2D eigenvalue weighted by atomic mass is 16.4. The first-order chi connectivity index (χ1) is 53.1. The molecule has 0 amide bonds. The molecule has 0 aliphatic rings. The third-order valence-electron chi connectivity index (χ3n) is 15.9. The first kappa shape index (κ1) is 109. The van der Waals surface area contributed by atoms with Crippen LogP contribution in [0.5, 0.6) is 0 Å². The van der Waals surface area contributed by atoms with Gasteiger partial charge in [-0.05, 0) is 160 Å². The number of aliphatic hydroxyl groups excluding tert-OH is 6. The van der Waals surface area contributed by atoms with E-state index in [1.807, 2.05) is 76.2 Å². The van der Waals surface area contributed by atoms with Gasteiger partial charge in [0.15, 0.2) is 0 Å². The van der Waals surface area contributed by atoms with E-state index in [-0.39, 0.29) is 43.2 Å². The first-order valence-corrected chi connectivity index (χ1v) is 36.7. The summed E-state index contributed by atoms with van der Waals surface area (Å²) >= 11 is 0. The number of aliphatic hydroxyl groups is 8. The predicted octanol–water partition coefficient (Wildman–Crippen LogP) is 16.1. The molecule has 0 fully saturated rings. The quantitative estimate of drug-likeness (QED) is 0.0267. The van der Waals surface area contributed by atoms with Gasteiger partial charge in [-0.3, -0.25) is 0 Å². The van der Waals surface area contributed by atoms with E-state index in [1.54, 1.807) is 250 Å². The van der Waals surface area contributed by atoms with Gasteiger partial charge in [0.05, 0.1) is 74.0 Å². The highest BCUT2D eigenvalue weighted by Crippen LogP contribution is 2.29. The highest BCUT2D eigenvalue weighted by Gasteiger charge is 2.33. The van der Waals surface area contributed by atoms with Crippen molar-refractivity contribution in [2.24, 2.45) is 23.2 Å². The molecule has 0 aliphatic heterocycles. The molecule has 0 aliphatic carbocycles. The largest absolute Gasteiger partial charge is 0.478 e. The average Bonchev–Trinajstić information content (AvgIpc) is 0.852. The predicted molar refractivity (Wildman–Crippen MR) is 439 cm³/mol. The molecular formula is C89H122O24. The summed E-state index contributed by atoms with van der Waals surface area (Å²) in [7, 11) is 0. The van der Waals surface area contributed by atoms with Gasteiger partial charge in [0.2, 0.25) is 0 Å². The van der Waals surface area contributed by atoms with Crippen LogP contribution in [-0.4, -0.2) is 179 Å². The standard InChI is InChI=1S/C11H24O2.C8H18O2.8C7H6O2.2C7H16O2/c1-7(2)9(12)8(3)10(13)11(4,5)6;1-3-5-8(10,4-2)6-7-9;8*8-7(9)6-4-2-1-3-5-6;1-3-6(2)7(9)4-5-8;1-3-4-7(2,9)5-6-8/h7-10,12-13H,1-6H3;9-10H,3-7H2,1-2H3;8*1-5H,(H,8,9);6-9H,3-5H2,1-2H3;8-9H,3-6H2,1-2H3. The van der Waals surface area contributed by atoms with Crippen molar-refractivity contribution < 1.29 is 120 Å². The zero-order chi connectivity index (χ0) is 87.0. The van der Waals surface area contributed by atoms with Crippen molar-refractivity contribution in [1.29, 1.82) is 0 Å². The fourth-order valence-electron chi connectivity index (χ4n) is 8.97. The van der Waals surface area contributed by atoms with Crippen LogP contribution >= 0.6 is 0 Å². The van der Waals surface area contributed by atoms with Gasteiger partial charge in [-0.2, -0.15) is 0 Å². The molecule has 8 aromatic rings. The molecule has 622 valence electrons. The van der Waals surface area contributed by atoms with Crippen molar-refractivity contribution in [2.75, 3.05) is 19.8 Å². The van der Waals surface area contributed by atoms with Gasteiger partial charge in [0, 0.05) is 25.7 Å². The van der Waals surface area contributed by atoms with Gasteiger partial charge in [-0.1, -0.05) is 241 Å². The van der Waals surface area contributed by atoms with Gasteiger partial charge in [0.25, 0.3) is 0 Å². The molecule has 0 bridgehead atoms. The third kappa shape index (κ3) is 57.9. The minimum atomic E-state index is -0.879. The lowest BCUT2D eigenvalue weighted by Crippen LogP contribution is -2.40. The number of carboxylic acid groups (broad SMARTS) is 8. The number of carboxylic acids is 8. The smallest absolute Gasteiger partial charge is 0.335 e. The van der Waals surface area contributed by atoms with E-state index < -0.39 is 71.2 Å². The summed E-state index contributed by atoms with van der Waals surface area (Å²) < 4.78 is 0. The van der Waals surface area contributed by atoms with Crippen LogP contribution in [0, 0.1) is 23.2 Å². The molecule has 7 atom stereocenters. The van der Waals surface area contributed by atoms with E-state index in [0.717, 1.165) is 38.5 Å². The summed E-state index contributed by atoms with van der Waals surface area (Å²) in [5, 5.41) is 140. The summed E-state index contributed by atoms with van der Waals surface area (Å²) in [5.41, 5.74) is 1.23. The van der Waals surface area contributed by atoms with Crippen LogP contribution in [0.4, 0.5) is 0 Å². The van der Waals surface area contributed by atoms with Gasteiger partial charge >= 0.3 is 47.8 Å². The second kappa shape index (κ2) is 64.8. The summed E-state index contributed by atoms with van der Waals surface area (Å²) in [4.78, 5) is 81.6. The van der Waals surface area contributed by atoms with Crippen LogP contribution in [0.1, 0.15) is 224 Å². The number of hydrogen-bond acceptors (Lipinski definition) is 16. The van der Waals surface area contributed by atoms with Crippen molar-refractivity contribution in [3.05, 3.63) is 287 Å². The van der Waals surface area contributed by atoms with Crippen LogP contribution in [0.25, 0.3) is 0 Å². The average molecular weight is 1580 g/mol. The van der Waals surface area contributed by atoms with Gasteiger partial charge in [0.1, 0.15) is 0 Å². The van der Waals surface area contributed by atoms with E-state index in [4.69, 9.17) is 61.3 Å². The van der Waals surface area contributed by atoms with Crippen molar-refractivity contribution in [2.45, 2.75) is 170 Å². The minimum Gasteiger partial charge on any atom is -0.478 e. The van der Waals surface area contributed by atoms with Crippen molar-refractivity contribution in [3.63, 3.8) is 0 Å². The molecule has 7 unspecified atom stereocenters. The molecule has 0 spiro atoms. The summed E-state index contributed by atoms with van der Waals surface area (Å²) in [6.45, 7) is 23.8. The fourth-order valence-corrected chi connectivity index (χ4v) is 8.97. The monoisotopic (exact) mass is 1570 g/mol. The van der Waals surface area contributed by atoms with Crippen LogP contribution in [0.2, 0.25) is 0 Å². The SMILES string of the molecule is CC(C)C(O)C(C)C(O)C(C)(C)C.CCC(C)C(O)CCO.CCCC(C)(O)CCO.CCCC(O)(CC)CCO.O=C(O)c1ccccc1.O=C(O)c1ccccc1.O=C(O)c1ccccc1.O=C(O)c1ccccc1.O=C(O)c1ccccc1.O=C(O)c1ccccc1.O=C(O)c1ccccc1.O=C(O)c1ccccc1. The zero-order valence-electron chi connectivity index (χ0n) is 67.0. The Morgan fingerprint density at radius 3 is 0.664 bits per heavy atom. The minimum absolute atomic E-state index is 0.0694. The Labute approximate surface area is 665 Å². The second-order valence-corrected chi connectivity index (χ2v) is 26.8. The van der Waals surface area contributed by atoms with E-state index in [0.29, 0.717) is 69.7 Å². The molecule has 24 heteroatoms. The lowest BCUT2D eigenvalue weighted by Gasteiger charge is -2.34. The molecule has 0 heterocycles. The molecule has 0 saturated carbocycles. The maximum atomic E-state index is 10.2. The molecule has 0 aromatic heterocycles. The number of hydrogen-bond donors (Lipinski definition) is 16. The molecule has 113 heavy (non-hydrogen) atoms. The lowest BCUT2D eigenvalue weighted by molar-refractivity contribution is -0.0502. The summed E-state index contributed by atoms with van der Waals surface area (Å²) in [6, 6.07) is 66.4. The Kier molecular flexibility index (Phi) is 62.3. The highest BCUT2D eigenvalue weighted by molar-refractivity contribution is 5.90. The summed E-state index contributed by atoms with van der Waals surface area (Å²) in [6.07, 6.45) is 5.53. The zero-order valence-corrected chi connectivity index (χ0v) is 67.0. The van der Waals surface area contributed by atoms with E-state index >= 15 is 0 Å². The Morgan fingerprint density at radius 1 is 0.319 bits per heavy atom.